The number of ketones is 1. The zero-order valence-corrected chi connectivity index (χ0v) is 17.4. The summed E-state index contributed by atoms with van der Waals surface area (Å²) in [5, 5.41) is 0. The summed E-state index contributed by atoms with van der Waals surface area (Å²) in [6, 6.07) is 19.6. The monoisotopic (exact) mass is 386 g/mol. The second-order valence-electron chi connectivity index (χ2n) is 7.20. The average Bonchev–Trinajstić information content (AvgIpc) is 2.72. The van der Waals surface area contributed by atoms with Crippen molar-refractivity contribution in [3.8, 4) is 11.5 Å². The molecule has 0 saturated heterocycles. The van der Waals surface area contributed by atoms with Gasteiger partial charge in [0.25, 0.3) is 0 Å². The standard InChI is InChI=1S/C26H26O3/c1-18-6-5-7-22(14-18)24(27)12-10-21-11-13-25(28-4)23(16-21)17-29-26-15-19(2)8-9-20(26)3/h5-16H,17H2,1-4H3/b12-10+. The Hall–Kier alpha value is -3.33. The first-order valence-corrected chi connectivity index (χ1v) is 9.62. The summed E-state index contributed by atoms with van der Waals surface area (Å²) in [5.74, 6) is 1.61. The van der Waals surface area contributed by atoms with Crippen LogP contribution < -0.4 is 9.47 Å². The molecule has 0 saturated carbocycles. The minimum absolute atomic E-state index is 0.0160. The lowest BCUT2D eigenvalue weighted by Gasteiger charge is -2.13. The van der Waals surface area contributed by atoms with Crippen molar-refractivity contribution < 1.29 is 14.3 Å². The molecule has 0 amide bonds. The van der Waals surface area contributed by atoms with Gasteiger partial charge in [-0.1, -0.05) is 48.0 Å². The number of hydrogen-bond donors (Lipinski definition) is 0. The summed E-state index contributed by atoms with van der Waals surface area (Å²) < 4.78 is 11.5. The van der Waals surface area contributed by atoms with Crippen LogP contribution in [-0.2, 0) is 6.61 Å². The van der Waals surface area contributed by atoms with Crippen LogP contribution in [0.15, 0.2) is 66.7 Å². The molecular formula is C26H26O3. The third kappa shape index (κ3) is 5.35. The zero-order valence-electron chi connectivity index (χ0n) is 17.4. The van der Waals surface area contributed by atoms with Crippen LogP contribution in [0.25, 0.3) is 6.08 Å². The van der Waals surface area contributed by atoms with Crippen molar-refractivity contribution in [2.75, 3.05) is 7.11 Å². The number of hydrogen-bond acceptors (Lipinski definition) is 3. The van der Waals surface area contributed by atoms with Gasteiger partial charge in [-0.3, -0.25) is 4.79 Å². The average molecular weight is 386 g/mol. The van der Waals surface area contributed by atoms with Gasteiger partial charge >= 0.3 is 0 Å². The van der Waals surface area contributed by atoms with Gasteiger partial charge in [0.15, 0.2) is 5.78 Å². The fraction of sp³-hybridized carbons (Fsp3) is 0.192. The molecule has 3 heteroatoms. The number of methoxy groups -OCH3 is 1. The molecule has 0 atom stereocenters. The molecule has 3 aromatic carbocycles. The van der Waals surface area contributed by atoms with Crippen molar-refractivity contribution in [2.45, 2.75) is 27.4 Å². The number of carbonyl (C=O) groups excluding carboxylic acids is 1. The van der Waals surface area contributed by atoms with Crippen molar-refractivity contribution in [2.24, 2.45) is 0 Å². The Balaban J connectivity index is 1.77. The van der Waals surface area contributed by atoms with Gasteiger partial charge in [0.05, 0.1) is 7.11 Å². The van der Waals surface area contributed by atoms with Crippen molar-refractivity contribution in [1.29, 1.82) is 0 Å². The fourth-order valence-electron chi connectivity index (χ4n) is 3.10. The second kappa shape index (κ2) is 9.24. The quantitative estimate of drug-likeness (QED) is 0.364. The molecule has 29 heavy (non-hydrogen) atoms. The molecule has 0 unspecified atom stereocenters. The fourth-order valence-corrected chi connectivity index (χ4v) is 3.10. The Bertz CT molecular complexity index is 1050. The molecule has 0 spiro atoms. The Labute approximate surface area is 172 Å². The van der Waals surface area contributed by atoms with Gasteiger partial charge in [0, 0.05) is 11.1 Å². The van der Waals surface area contributed by atoms with Crippen molar-refractivity contribution >= 4 is 11.9 Å². The molecule has 0 aliphatic carbocycles. The van der Waals surface area contributed by atoms with Crippen LogP contribution in [-0.4, -0.2) is 12.9 Å². The van der Waals surface area contributed by atoms with E-state index in [2.05, 4.69) is 12.1 Å². The highest BCUT2D eigenvalue weighted by Crippen LogP contribution is 2.25. The lowest BCUT2D eigenvalue weighted by atomic mass is 10.1. The number of rotatable bonds is 7. The zero-order chi connectivity index (χ0) is 20.8. The molecule has 0 N–H and O–H groups in total. The van der Waals surface area contributed by atoms with Crippen LogP contribution in [0.4, 0.5) is 0 Å². The second-order valence-corrected chi connectivity index (χ2v) is 7.20. The van der Waals surface area contributed by atoms with Gasteiger partial charge in [-0.25, -0.2) is 0 Å². The number of carbonyl (C=O) groups is 1. The minimum atomic E-state index is -0.0160. The number of benzene rings is 3. The summed E-state index contributed by atoms with van der Waals surface area (Å²) in [7, 11) is 1.65. The molecule has 0 aliphatic heterocycles. The van der Waals surface area contributed by atoms with E-state index in [0.29, 0.717) is 12.2 Å². The van der Waals surface area contributed by atoms with Crippen LogP contribution in [0.2, 0.25) is 0 Å². The molecule has 3 rings (SSSR count). The van der Waals surface area contributed by atoms with Gasteiger partial charge in [-0.05, 0) is 67.8 Å². The molecule has 3 nitrogen and oxygen atoms in total. The first-order valence-electron chi connectivity index (χ1n) is 9.62. The Morgan fingerprint density at radius 1 is 0.897 bits per heavy atom. The first-order chi connectivity index (χ1) is 14.0. The SMILES string of the molecule is COc1ccc(/C=C/C(=O)c2cccc(C)c2)cc1COc1cc(C)ccc1C. The normalized spacial score (nSPS) is 10.9. The van der Waals surface area contributed by atoms with Crippen LogP contribution in [0, 0.1) is 20.8 Å². The Morgan fingerprint density at radius 2 is 1.69 bits per heavy atom. The molecule has 0 aliphatic rings. The maximum atomic E-state index is 12.4. The summed E-state index contributed by atoms with van der Waals surface area (Å²) in [4.78, 5) is 12.4. The van der Waals surface area contributed by atoms with E-state index in [4.69, 9.17) is 9.47 Å². The number of ether oxygens (including phenoxy) is 2. The summed E-state index contributed by atoms with van der Waals surface area (Å²) >= 11 is 0. The molecule has 3 aromatic rings. The van der Waals surface area contributed by atoms with Gasteiger partial charge in [0.1, 0.15) is 18.1 Å². The van der Waals surface area contributed by atoms with Crippen molar-refractivity contribution in [3.63, 3.8) is 0 Å². The van der Waals surface area contributed by atoms with E-state index in [-0.39, 0.29) is 5.78 Å². The Morgan fingerprint density at radius 3 is 2.45 bits per heavy atom. The van der Waals surface area contributed by atoms with E-state index in [1.165, 1.54) is 0 Å². The predicted octanol–water partition coefficient (Wildman–Crippen LogP) is 6.10. The third-order valence-corrected chi connectivity index (χ3v) is 4.76. The number of allylic oxidation sites excluding steroid dienone is 1. The van der Waals surface area contributed by atoms with Crippen molar-refractivity contribution in [3.05, 3.63) is 100 Å². The largest absolute Gasteiger partial charge is 0.496 e. The highest BCUT2D eigenvalue weighted by molar-refractivity contribution is 6.06. The van der Waals surface area contributed by atoms with Gasteiger partial charge in [-0.15, -0.1) is 0 Å². The molecule has 0 radical (unpaired) electrons. The van der Waals surface area contributed by atoms with Crippen LogP contribution >= 0.6 is 0 Å². The Kier molecular flexibility index (Phi) is 6.50. The topological polar surface area (TPSA) is 35.5 Å². The molecule has 0 fully saturated rings. The van der Waals surface area contributed by atoms with E-state index in [1.807, 2.05) is 75.4 Å². The van der Waals surface area contributed by atoms with E-state index in [0.717, 1.165) is 39.3 Å². The van der Waals surface area contributed by atoms with Crippen LogP contribution in [0.3, 0.4) is 0 Å². The number of aryl methyl sites for hydroxylation is 3. The molecular weight excluding hydrogens is 360 g/mol. The smallest absolute Gasteiger partial charge is 0.185 e. The molecule has 0 aromatic heterocycles. The van der Waals surface area contributed by atoms with Gasteiger partial charge in [0.2, 0.25) is 0 Å². The summed E-state index contributed by atoms with van der Waals surface area (Å²) in [5.41, 5.74) is 5.86. The van der Waals surface area contributed by atoms with E-state index < -0.39 is 0 Å². The molecule has 0 bridgehead atoms. The predicted molar refractivity (Wildman–Crippen MR) is 118 cm³/mol. The first kappa shape index (κ1) is 20.4. The highest BCUT2D eigenvalue weighted by atomic mass is 16.5. The van der Waals surface area contributed by atoms with Crippen molar-refractivity contribution in [1.82, 2.24) is 0 Å². The maximum Gasteiger partial charge on any atom is 0.185 e. The lowest BCUT2D eigenvalue weighted by Crippen LogP contribution is -2.01. The molecule has 148 valence electrons. The minimum Gasteiger partial charge on any atom is -0.496 e. The van der Waals surface area contributed by atoms with Crippen LogP contribution in [0.1, 0.15) is 38.2 Å². The summed E-state index contributed by atoms with van der Waals surface area (Å²) in [6.07, 6.45) is 3.43. The maximum absolute atomic E-state index is 12.4. The third-order valence-electron chi connectivity index (χ3n) is 4.76. The van der Waals surface area contributed by atoms with E-state index in [1.54, 1.807) is 13.2 Å². The highest BCUT2D eigenvalue weighted by Gasteiger charge is 2.07. The summed E-state index contributed by atoms with van der Waals surface area (Å²) in [6.45, 7) is 6.44. The van der Waals surface area contributed by atoms with Gasteiger partial charge in [-0.2, -0.15) is 0 Å². The van der Waals surface area contributed by atoms with E-state index in [9.17, 15) is 4.79 Å². The van der Waals surface area contributed by atoms with Gasteiger partial charge < -0.3 is 9.47 Å². The lowest BCUT2D eigenvalue weighted by molar-refractivity contribution is 0.104. The van der Waals surface area contributed by atoms with E-state index >= 15 is 0 Å². The molecule has 0 heterocycles. The van der Waals surface area contributed by atoms with Crippen LogP contribution in [0.5, 0.6) is 11.5 Å².